The van der Waals surface area contributed by atoms with E-state index in [0.29, 0.717) is 12.8 Å². The van der Waals surface area contributed by atoms with E-state index < -0.39 is 0 Å². The van der Waals surface area contributed by atoms with E-state index in [1.165, 1.54) is 0 Å². The van der Waals surface area contributed by atoms with Crippen LogP contribution in [0.3, 0.4) is 0 Å². The normalized spacial score (nSPS) is 18.8. The molecule has 0 saturated heterocycles. The molecule has 2 atom stereocenters. The fraction of sp³-hybridized carbons (Fsp3) is 1.00. The molecule has 0 aromatic heterocycles. The van der Waals surface area contributed by atoms with E-state index in [9.17, 15) is 0 Å². The van der Waals surface area contributed by atoms with Gasteiger partial charge in [-0.1, -0.05) is 15.9 Å². The lowest BCUT2D eigenvalue weighted by molar-refractivity contribution is 0.257. The van der Waals surface area contributed by atoms with E-state index in [1.807, 2.05) is 0 Å². The van der Waals surface area contributed by atoms with Crippen molar-refractivity contribution in [2.75, 3.05) is 13.2 Å². The summed E-state index contributed by atoms with van der Waals surface area (Å²) in [6.45, 7) is 0.129. The van der Waals surface area contributed by atoms with Crippen LogP contribution < -0.4 is 11.5 Å². The molecule has 0 aliphatic carbocycles. The third-order valence-electron chi connectivity index (χ3n) is 1.74. The van der Waals surface area contributed by atoms with Crippen molar-refractivity contribution in [1.82, 2.24) is 0 Å². The highest BCUT2D eigenvalue weighted by Crippen LogP contribution is 2.12. The second kappa shape index (κ2) is 6.80. The Kier molecular flexibility index (Phi) is 6.98. The Balaban J connectivity index is 3.73. The summed E-state index contributed by atoms with van der Waals surface area (Å²) >= 11 is 3.34. The number of hydrogen-bond acceptors (Lipinski definition) is 4. The number of aliphatic hydroxyl groups is 2. The van der Waals surface area contributed by atoms with Crippen LogP contribution in [-0.2, 0) is 0 Å². The molecule has 4 nitrogen and oxygen atoms in total. The monoisotopic (exact) mass is 240 g/mol. The minimum Gasteiger partial charge on any atom is -0.396 e. The van der Waals surface area contributed by atoms with Crippen LogP contribution in [0, 0.1) is 0 Å². The maximum Gasteiger partial charge on any atom is 0.0449 e. The van der Waals surface area contributed by atoms with Crippen LogP contribution in [0.4, 0.5) is 0 Å². The molecule has 0 fully saturated rings. The Morgan fingerprint density at radius 2 is 1.33 bits per heavy atom. The average molecular weight is 241 g/mol. The van der Waals surface area contributed by atoms with Crippen LogP contribution >= 0.6 is 15.9 Å². The molecule has 5 heteroatoms. The predicted molar refractivity (Wildman–Crippen MR) is 52.1 cm³/mol. The fourth-order valence-corrected chi connectivity index (χ4v) is 1.46. The SMILES string of the molecule is NC(CCO)C(Br)C(N)CCO. The first-order valence-corrected chi connectivity index (χ1v) is 4.92. The summed E-state index contributed by atoms with van der Waals surface area (Å²) in [6, 6.07) is -0.312. The molecule has 0 aromatic rings. The van der Waals surface area contributed by atoms with Crippen LogP contribution in [0.5, 0.6) is 0 Å². The number of hydrogen-bond donors (Lipinski definition) is 4. The quantitative estimate of drug-likeness (QED) is 0.457. The lowest BCUT2D eigenvalue weighted by atomic mass is 10.0. The van der Waals surface area contributed by atoms with E-state index >= 15 is 0 Å². The Labute approximate surface area is 81.1 Å². The van der Waals surface area contributed by atoms with Crippen molar-refractivity contribution in [2.45, 2.75) is 29.8 Å². The molecule has 0 aliphatic rings. The van der Waals surface area contributed by atoms with Crippen molar-refractivity contribution < 1.29 is 10.2 Å². The molecule has 0 rings (SSSR count). The Hall–Kier alpha value is 0.320. The largest absolute Gasteiger partial charge is 0.396 e. The first kappa shape index (κ1) is 12.3. The summed E-state index contributed by atoms with van der Waals surface area (Å²) in [4.78, 5) is -0.0446. The van der Waals surface area contributed by atoms with Crippen LogP contribution in [0.25, 0.3) is 0 Å². The predicted octanol–water partition coefficient (Wildman–Crippen LogP) is -0.831. The molecule has 6 N–H and O–H groups in total. The second-order valence-corrected chi connectivity index (χ2v) is 3.85. The molecular weight excluding hydrogens is 224 g/mol. The molecule has 0 saturated carbocycles. The van der Waals surface area contributed by atoms with Crippen molar-refractivity contribution in [3.05, 3.63) is 0 Å². The van der Waals surface area contributed by atoms with Crippen molar-refractivity contribution >= 4 is 15.9 Å². The first-order chi connectivity index (χ1) is 5.63. The molecular formula is C7H17BrN2O2. The minimum absolute atomic E-state index is 0.0446. The summed E-state index contributed by atoms with van der Waals surface area (Å²) in [6.07, 6.45) is 1.05. The molecule has 0 aliphatic heterocycles. The third-order valence-corrected chi connectivity index (χ3v) is 3.10. The van der Waals surface area contributed by atoms with Gasteiger partial charge in [-0.15, -0.1) is 0 Å². The zero-order chi connectivity index (χ0) is 9.56. The van der Waals surface area contributed by atoms with E-state index in [4.69, 9.17) is 21.7 Å². The van der Waals surface area contributed by atoms with Crippen LogP contribution in [-0.4, -0.2) is 40.3 Å². The van der Waals surface area contributed by atoms with E-state index in [2.05, 4.69) is 15.9 Å². The minimum atomic E-state index is -0.156. The Bertz CT molecular complexity index is 104. The van der Waals surface area contributed by atoms with Crippen molar-refractivity contribution in [3.8, 4) is 0 Å². The van der Waals surface area contributed by atoms with Gasteiger partial charge in [-0.3, -0.25) is 0 Å². The molecule has 0 bridgehead atoms. The number of alkyl halides is 1. The Morgan fingerprint density at radius 3 is 1.58 bits per heavy atom. The highest BCUT2D eigenvalue weighted by molar-refractivity contribution is 9.09. The summed E-state index contributed by atoms with van der Waals surface area (Å²) in [7, 11) is 0. The zero-order valence-corrected chi connectivity index (χ0v) is 8.57. The summed E-state index contributed by atoms with van der Waals surface area (Å²) < 4.78 is 0. The molecule has 0 amide bonds. The Morgan fingerprint density at radius 1 is 1.00 bits per heavy atom. The highest BCUT2D eigenvalue weighted by atomic mass is 79.9. The lowest BCUT2D eigenvalue weighted by Crippen LogP contribution is -2.44. The van der Waals surface area contributed by atoms with Crippen molar-refractivity contribution in [3.63, 3.8) is 0 Å². The smallest absolute Gasteiger partial charge is 0.0449 e. The zero-order valence-electron chi connectivity index (χ0n) is 6.99. The summed E-state index contributed by atoms with van der Waals surface area (Å²) in [5.41, 5.74) is 11.4. The standard InChI is InChI=1S/C7H17BrN2O2/c8-7(5(9)1-3-11)6(10)2-4-12/h5-7,11-12H,1-4,9-10H2. The van der Waals surface area contributed by atoms with E-state index in [-0.39, 0.29) is 30.1 Å². The number of halogens is 1. The molecule has 0 radical (unpaired) electrons. The van der Waals surface area contributed by atoms with Crippen LogP contribution in [0.1, 0.15) is 12.8 Å². The maximum absolute atomic E-state index is 8.61. The molecule has 0 heterocycles. The average Bonchev–Trinajstić information content (AvgIpc) is 2.04. The van der Waals surface area contributed by atoms with Crippen LogP contribution in [0.15, 0.2) is 0 Å². The van der Waals surface area contributed by atoms with Gasteiger partial charge < -0.3 is 21.7 Å². The highest BCUT2D eigenvalue weighted by Gasteiger charge is 2.20. The van der Waals surface area contributed by atoms with Crippen LogP contribution in [0.2, 0.25) is 0 Å². The van der Waals surface area contributed by atoms with Gasteiger partial charge in [0.15, 0.2) is 0 Å². The van der Waals surface area contributed by atoms with E-state index in [1.54, 1.807) is 0 Å². The van der Waals surface area contributed by atoms with Gasteiger partial charge in [-0.25, -0.2) is 0 Å². The topological polar surface area (TPSA) is 92.5 Å². The molecule has 0 spiro atoms. The van der Waals surface area contributed by atoms with Gasteiger partial charge in [0.05, 0.1) is 0 Å². The molecule has 74 valence electrons. The van der Waals surface area contributed by atoms with Gasteiger partial charge in [0.1, 0.15) is 0 Å². The maximum atomic E-state index is 8.61. The summed E-state index contributed by atoms with van der Waals surface area (Å²) in [5, 5.41) is 17.2. The van der Waals surface area contributed by atoms with Gasteiger partial charge in [-0.2, -0.15) is 0 Å². The van der Waals surface area contributed by atoms with Gasteiger partial charge in [0.25, 0.3) is 0 Å². The van der Waals surface area contributed by atoms with Gasteiger partial charge >= 0.3 is 0 Å². The van der Waals surface area contributed by atoms with Crippen molar-refractivity contribution in [1.29, 1.82) is 0 Å². The number of aliphatic hydroxyl groups excluding tert-OH is 2. The fourth-order valence-electron chi connectivity index (χ4n) is 0.934. The first-order valence-electron chi connectivity index (χ1n) is 4.00. The third kappa shape index (κ3) is 4.37. The number of nitrogens with two attached hydrogens (primary N) is 2. The summed E-state index contributed by atoms with van der Waals surface area (Å²) in [5.74, 6) is 0. The second-order valence-electron chi connectivity index (χ2n) is 2.80. The number of rotatable bonds is 6. The molecule has 2 unspecified atom stereocenters. The van der Waals surface area contributed by atoms with Gasteiger partial charge in [0.2, 0.25) is 0 Å². The lowest BCUT2D eigenvalue weighted by Gasteiger charge is -2.23. The van der Waals surface area contributed by atoms with Gasteiger partial charge in [-0.05, 0) is 12.8 Å². The van der Waals surface area contributed by atoms with E-state index in [0.717, 1.165) is 0 Å². The van der Waals surface area contributed by atoms with Crippen molar-refractivity contribution in [2.24, 2.45) is 11.5 Å². The van der Waals surface area contributed by atoms with Gasteiger partial charge in [0, 0.05) is 30.1 Å². The molecule has 12 heavy (non-hydrogen) atoms. The molecule has 0 aromatic carbocycles.